The molecule has 0 nitrogen and oxygen atoms in total. The van der Waals surface area contributed by atoms with E-state index in [1.807, 2.05) is 0 Å². The number of hydrogen-bond acceptors (Lipinski definition) is 0. The summed E-state index contributed by atoms with van der Waals surface area (Å²) in [5.74, 6) is 0. The molecule has 0 saturated carbocycles. The Morgan fingerprint density at radius 2 is 1.25 bits per heavy atom. The van der Waals surface area contributed by atoms with E-state index in [0.29, 0.717) is 0 Å². The van der Waals surface area contributed by atoms with Gasteiger partial charge in [-0.25, -0.2) is 0 Å². The maximum absolute atomic E-state index is 4.82. The van der Waals surface area contributed by atoms with E-state index in [1.165, 1.54) is 0 Å². The molecule has 0 spiro atoms. The van der Waals surface area contributed by atoms with Gasteiger partial charge in [-0.15, -0.1) is 0 Å². The number of hydrogen-bond donors (Lipinski definition) is 0. The van der Waals surface area contributed by atoms with E-state index in [2.05, 4.69) is 0 Å². The standard InChI is InChI=1S/2B.2Hf. The van der Waals surface area contributed by atoms with Crippen molar-refractivity contribution in [2.24, 2.45) is 0 Å². The first-order chi connectivity index (χ1) is 1.41. The van der Waals surface area contributed by atoms with Gasteiger partial charge < -0.3 is 0 Å². The molecule has 0 bridgehead atoms. The van der Waals surface area contributed by atoms with Gasteiger partial charge >= 0.3 is 30.6 Å². The first-order valence-corrected chi connectivity index (χ1v) is 4.73. The van der Waals surface area contributed by atoms with Crippen molar-refractivity contribution in [2.45, 2.75) is 0 Å². The molecule has 0 radical (unpaired) electrons. The van der Waals surface area contributed by atoms with Gasteiger partial charge in [-0.1, -0.05) is 0 Å². The van der Waals surface area contributed by atoms with Crippen molar-refractivity contribution < 1.29 is 46.9 Å². The van der Waals surface area contributed by atoms with Crippen LogP contribution in [-0.4, -0.2) is 9.56 Å². The molecule has 0 aromatic rings. The monoisotopic (exact) mass is 382 g/mol. The smallest absolute Gasteiger partial charge is 0 e. The minimum atomic E-state index is -0.917. The van der Waals surface area contributed by atoms with Crippen LogP contribution in [0.15, 0.2) is 0 Å². The molecule has 14 valence electrons. The predicted octanol–water partition coefficient (Wildman–Crippen LogP) is -0.767. The third-order valence-electron chi connectivity index (χ3n) is 0. The Hall–Kier alpha value is 1.87. The first kappa shape index (κ1) is 9.30. The molecular formula is B2Hf2. The summed E-state index contributed by atoms with van der Waals surface area (Å²) in [4.78, 5) is 0. The zero-order chi connectivity index (χ0) is 2.71. The fourth-order valence-corrected chi connectivity index (χ4v) is 0. The zero-order valence-corrected chi connectivity index (χ0v) is 9.34. The molecule has 0 saturated heterocycles. The van der Waals surface area contributed by atoms with Crippen LogP contribution >= 0.6 is 0 Å². The quantitative estimate of drug-likeness (QED) is 0.486. The van der Waals surface area contributed by atoms with Gasteiger partial charge in [0.2, 0.25) is 0 Å². The van der Waals surface area contributed by atoms with Crippen LogP contribution in [-0.2, 0) is 46.9 Å². The maximum Gasteiger partial charge on any atom is 0 e. The molecule has 0 unspecified atom stereocenters. The molecule has 0 fully saturated rings. The van der Waals surface area contributed by atoms with Gasteiger partial charge in [0.1, 0.15) is 0 Å². The van der Waals surface area contributed by atoms with Gasteiger partial charge in [0.15, 0.2) is 0 Å². The second-order valence-corrected chi connectivity index (χ2v) is 1.36. The van der Waals surface area contributed by atoms with Gasteiger partial charge in [0.25, 0.3) is 0 Å². The van der Waals surface area contributed by atoms with E-state index in [1.54, 1.807) is 0 Å². The second kappa shape index (κ2) is 8.85. The fraction of sp³-hybridized carbons (Fsp3) is 0. The van der Waals surface area contributed by atoms with Crippen LogP contribution in [0.4, 0.5) is 0 Å². The van der Waals surface area contributed by atoms with Crippen molar-refractivity contribution in [2.75, 3.05) is 0 Å². The van der Waals surface area contributed by atoms with E-state index in [4.69, 9.17) is 9.56 Å². The van der Waals surface area contributed by atoms with Crippen molar-refractivity contribution in [1.82, 2.24) is 0 Å². The molecule has 0 aromatic carbocycles. The number of rotatable bonds is 0. The Morgan fingerprint density at radius 3 is 1.25 bits per heavy atom. The third kappa shape index (κ3) is 9.12. The van der Waals surface area contributed by atoms with Gasteiger partial charge in [-0.05, 0) is 0 Å². The summed E-state index contributed by atoms with van der Waals surface area (Å²) in [5.41, 5.74) is 0. The summed E-state index contributed by atoms with van der Waals surface area (Å²) < 4.78 is 9.64. The Balaban J connectivity index is 0. The summed E-state index contributed by atoms with van der Waals surface area (Å²) in [6, 6.07) is 0. The van der Waals surface area contributed by atoms with Crippen molar-refractivity contribution >= 4 is 9.56 Å². The van der Waals surface area contributed by atoms with Gasteiger partial charge in [0, 0.05) is 25.8 Å². The molecule has 0 aromatic heterocycles. The largest absolute Gasteiger partial charge is 0 e. The molecule has 0 rings (SSSR count). The molecule has 0 aliphatic heterocycles. The van der Waals surface area contributed by atoms with Crippen LogP contribution in [0.3, 0.4) is 0 Å². The van der Waals surface area contributed by atoms with E-state index >= 15 is 0 Å². The Bertz CT molecular complexity index is 77.2. The Morgan fingerprint density at radius 1 is 1.25 bits per heavy atom. The zero-order valence-electron chi connectivity index (χ0n) is 2.15. The fourth-order valence-electron chi connectivity index (χ4n) is 0. The SMILES string of the molecule is [B]#[Hf]#[B].[Hf]. The average molecular weight is 379 g/mol. The van der Waals surface area contributed by atoms with Crippen molar-refractivity contribution in [3.05, 3.63) is 0 Å². The molecule has 0 atom stereocenters. The molecule has 0 heterocycles. The summed E-state index contributed by atoms with van der Waals surface area (Å²) in [6.07, 6.45) is 0. The predicted molar refractivity (Wildman–Crippen MR) is 11.5 cm³/mol. The van der Waals surface area contributed by atoms with Crippen LogP contribution in [0.2, 0.25) is 0 Å². The summed E-state index contributed by atoms with van der Waals surface area (Å²) >= 11 is -0.917. The van der Waals surface area contributed by atoms with Gasteiger partial charge in [-0.3, -0.25) is 0 Å². The summed E-state index contributed by atoms with van der Waals surface area (Å²) in [5, 5.41) is 0. The average Bonchev–Trinajstić information content (AvgIpc) is 0.918. The minimum Gasteiger partial charge on any atom is 0 e. The molecule has 4 heteroatoms. The van der Waals surface area contributed by atoms with E-state index in [0.717, 1.165) is 0 Å². The van der Waals surface area contributed by atoms with E-state index < -0.39 is 21.0 Å². The van der Waals surface area contributed by atoms with Crippen LogP contribution in [0.1, 0.15) is 0 Å². The molecular weight excluding hydrogens is 379 g/mol. The van der Waals surface area contributed by atoms with Crippen molar-refractivity contribution in [3.8, 4) is 0 Å². The van der Waals surface area contributed by atoms with Crippen LogP contribution in [0.25, 0.3) is 0 Å². The van der Waals surface area contributed by atoms with E-state index in [-0.39, 0.29) is 25.8 Å². The molecule has 0 amide bonds. The van der Waals surface area contributed by atoms with Crippen molar-refractivity contribution in [1.29, 1.82) is 0 Å². The van der Waals surface area contributed by atoms with Crippen LogP contribution in [0.5, 0.6) is 0 Å². The van der Waals surface area contributed by atoms with Crippen molar-refractivity contribution in [3.63, 3.8) is 0 Å². The molecule has 0 aliphatic carbocycles. The normalized spacial score (nSPS) is 6.00. The maximum atomic E-state index is 4.82. The Kier molecular flexibility index (Phi) is 20.6. The summed E-state index contributed by atoms with van der Waals surface area (Å²) in [7, 11) is 0. The minimum absolute atomic E-state index is 0. The third-order valence-corrected chi connectivity index (χ3v) is 0. The van der Waals surface area contributed by atoms with Crippen LogP contribution < -0.4 is 0 Å². The molecule has 4 heavy (non-hydrogen) atoms. The Labute approximate surface area is 55.7 Å². The summed E-state index contributed by atoms with van der Waals surface area (Å²) in [6.45, 7) is 0. The molecule has 0 aliphatic rings. The van der Waals surface area contributed by atoms with Crippen LogP contribution in [0, 0.1) is 0 Å². The van der Waals surface area contributed by atoms with E-state index in [9.17, 15) is 0 Å². The first-order valence-electron chi connectivity index (χ1n) is 0.577. The van der Waals surface area contributed by atoms with Gasteiger partial charge in [0.05, 0.1) is 0 Å². The second-order valence-electron chi connectivity index (χ2n) is 0.167. The topological polar surface area (TPSA) is 0 Å². The molecule has 0 N–H and O–H groups in total. The van der Waals surface area contributed by atoms with Gasteiger partial charge in [-0.2, -0.15) is 0 Å².